The van der Waals surface area contributed by atoms with E-state index in [0.29, 0.717) is 0 Å². The SMILES string of the molecule is CC[N-]CC.[Zr+4]. The minimum atomic E-state index is 0. The van der Waals surface area contributed by atoms with Gasteiger partial charge in [-0.2, -0.15) is 13.1 Å². The van der Waals surface area contributed by atoms with Crippen molar-refractivity contribution in [2.24, 2.45) is 0 Å². The summed E-state index contributed by atoms with van der Waals surface area (Å²) in [4.78, 5) is 0. The number of rotatable bonds is 2. The van der Waals surface area contributed by atoms with E-state index in [1.807, 2.05) is 13.8 Å². The van der Waals surface area contributed by atoms with E-state index in [1.54, 1.807) is 0 Å². The first kappa shape index (κ1) is 9.96. The molecular weight excluding hydrogens is 153 g/mol. The fourth-order valence-electron chi connectivity index (χ4n) is 0.224. The molecule has 0 radical (unpaired) electrons. The molecule has 0 heterocycles. The smallest absolute Gasteiger partial charge is 0.663 e. The molecule has 0 aliphatic heterocycles. The molecule has 32 valence electrons. The van der Waals surface area contributed by atoms with Crippen LogP contribution in [0.4, 0.5) is 0 Å². The second-order valence-corrected chi connectivity index (χ2v) is 0.856. The fourth-order valence-corrected chi connectivity index (χ4v) is 0.224. The largest absolute Gasteiger partial charge is 4.00 e. The Bertz CT molecular complexity index is 15.0. The molecule has 0 rings (SSSR count). The molecule has 0 aromatic heterocycles. The van der Waals surface area contributed by atoms with E-state index in [9.17, 15) is 0 Å². The molecule has 0 bridgehead atoms. The van der Waals surface area contributed by atoms with Crippen LogP contribution < -0.4 is 0 Å². The van der Waals surface area contributed by atoms with Gasteiger partial charge in [0.05, 0.1) is 0 Å². The van der Waals surface area contributed by atoms with Crippen LogP contribution in [0.1, 0.15) is 13.8 Å². The summed E-state index contributed by atoms with van der Waals surface area (Å²) in [6.07, 6.45) is 0. The molecule has 2 heteroatoms. The summed E-state index contributed by atoms with van der Waals surface area (Å²) in [5.41, 5.74) is 0. The fraction of sp³-hybridized carbons (Fsp3) is 1.00. The molecule has 0 saturated carbocycles. The zero-order valence-electron chi connectivity index (χ0n) is 4.36. The van der Waals surface area contributed by atoms with E-state index in [-0.39, 0.29) is 26.2 Å². The van der Waals surface area contributed by atoms with Crippen LogP contribution in [-0.2, 0) is 26.2 Å². The van der Waals surface area contributed by atoms with Crippen molar-refractivity contribution in [2.45, 2.75) is 13.8 Å². The Hall–Kier alpha value is 0.843. The molecule has 6 heavy (non-hydrogen) atoms. The maximum absolute atomic E-state index is 3.97. The Labute approximate surface area is 58.6 Å². The van der Waals surface area contributed by atoms with Crippen molar-refractivity contribution >= 4 is 0 Å². The molecule has 0 aliphatic rings. The molecule has 0 N–H and O–H groups in total. The molecule has 0 aromatic carbocycles. The first-order chi connectivity index (χ1) is 2.41. The maximum atomic E-state index is 3.97. The van der Waals surface area contributed by atoms with Crippen LogP contribution in [0.25, 0.3) is 5.32 Å². The predicted molar refractivity (Wildman–Crippen MR) is 24.4 cm³/mol. The molecule has 0 aliphatic carbocycles. The Morgan fingerprint density at radius 3 is 1.50 bits per heavy atom. The van der Waals surface area contributed by atoms with Gasteiger partial charge >= 0.3 is 26.2 Å². The van der Waals surface area contributed by atoms with Gasteiger partial charge in [0.2, 0.25) is 0 Å². The Morgan fingerprint density at radius 2 is 1.50 bits per heavy atom. The second-order valence-electron chi connectivity index (χ2n) is 0.856. The van der Waals surface area contributed by atoms with Crippen molar-refractivity contribution in [3.05, 3.63) is 5.32 Å². The molecule has 0 aromatic rings. The summed E-state index contributed by atoms with van der Waals surface area (Å²) >= 11 is 0. The average Bonchev–Trinajstić information content (AvgIpc) is 1.41. The summed E-state index contributed by atoms with van der Waals surface area (Å²) in [5, 5.41) is 3.97. The Kier molecular flexibility index (Phi) is 15.4. The third kappa shape index (κ3) is 8.85. The molecule has 0 saturated heterocycles. The van der Waals surface area contributed by atoms with Crippen molar-refractivity contribution in [1.82, 2.24) is 0 Å². The van der Waals surface area contributed by atoms with Crippen molar-refractivity contribution in [2.75, 3.05) is 13.1 Å². The van der Waals surface area contributed by atoms with Crippen LogP contribution in [-0.4, -0.2) is 13.1 Å². The van der Waals surface area contributed by atoms with Crippen LogP contribution >= 0.6 is 0 Å². The van der Waals surface area contributed by atoms with E-state index < -0.39 is 0 Å². The van der Waals surface area contributed by atoms with Crippen LogP contribution in [0.15, 0.2) is 0 Å². The molecule has 0 fully saturated rings. The molecular formula is C4H10NZr+3. The third-order valence-electron chi connectivity index (χ3n) is 0.447. The van der Waals surface area contributed by atoms with E-state index >= 15 is 0 Å². The van der Waals surface area contributed by atoms with Crippen LogP contribution in [0.3, 0.4) is 0 Å². The molecule has 0 unspecified atom stereocenters. The Balaban J connectivity index is 0. The van der Waals surface area contributed by atoms with Crippen molar-refractivity contribution in [3.8, 4) is 0 Å². The van der Waals surface area contributed by atoms with E-state index in [0.717, 1.165) is 13.1 Å². The minimum Gasteiger partial charge on any atom is -0.663 e. The normalized spacial score (nSPS) is 7.00. The zero-order chi connectivity index (χ0) is 4.12. The standard InChI is InChI=1S/C4H10N.Zr/c1-3-5-4-2;/h3-4H2,1-2H3;/q-1;+4. The summed E-state index contributed by atoms with van der Waals surface area (Å²) in [6, 6.07) is 0. The first-order valence-electron chi connectivity index (χ1n) is 2.05. The van der Waals surface area contributed by atoms with E-state index in [4.69, 9.17) is 0 Å². The topological polar surface area (TPSA) is 14.1 Å². The Morgan fingerprint density at radius 1 is 1.17 bits per heavy atom. The van der Waals surface area contributed by atoms with Crippen molar-refractivity contribution in [1.29, 1.82) is 0 Å². The number of hydrogen-bond donors (Lipinski definition) is 0. The molecule has 1 nitrogen and oxygen atoms in total. The van der Waals surface area contributed by atoms with Crippen molar-refractivity contribution < 1.29 is 26.2 Å². The molecule has 0 atom stereocenters. The van der Waals surface area contributed by atoms with E-state index in [1.165, 1.54) is 0 Å². The molecule has 0 amide bonds. The van der Waals surface area contributed by atoms with Gasteiger partial charge in [-0.15, -0.1) is 0 Å². The number of hydrogen-bond acceptors (Lipinski definition) is 0. The van der Waals surface area contributed by atoms with Gasteiger partial charge in [-0.3, -0.25) is 0 Å². The predicted octanol–water partition coefficient (Wildman–Crippen LogP) is 1.40. The molecule has 0 spiro atoms. The van der Waals surface area contributed by atoms with Gasteiger partial charge in [-0.1, -0.05) is 13.8 Å². The van der Waals surface area contributed by atoms with Gasteiger partial charge in [0.25, 0.3) is 0 Å². The average molecular weight is 163 g/mol. The summed E-state index contributed by atoms with van der Waals surface area (Å²) < 4.78 is 0. The quantitative estimate of drug-likeness (QED) is 0.584. The van der Waals surface area contributed by atoms with Gasteiger partial charge in [0, 0.05) is 0 Å². The first-order valence-corrected chi connectivity index (χ1v) is 2.05. The van der Waals surface area contributed by atoms with Crippen molar-refractivity contribution in [3.63, 3.8) is 0 Å². The summed E-state index contributed by atoms with van der Waals surface area (Å²) in [5.74, 6) is 0. The number of nitrogens with zero attached hydrogens (tertiary/aromatic N) is 1. The van der Waals surface area contributed by atoms with Crippen LogP contribution in [0.5, 0.6) is 0 Å². The van der Waals surface area contributed by atoms with Gasteiger partial charge in [-0.05, 0) is 0 Å². The van der Waals surface area contributed by atoms with Crippen LogP contribution in [0.2, 0.25) is 0 Å². The van der Waals surface area contributed by atoms with Gasteiger partial charge < -0.3 is 5.32 Å². The second kappa shape index (κ2) is 9.28. The van der Waals surface area contributed by atoms with E-state index in [2.05, 4.69) is 5.32 Å². The van der Waals surface area contributed by atoms with Gasteiger partial charge in [0.15, 0.2) is 0 Å². The van der Waals surface area contributed by atoms with Crippen LogP contribution in [0, 0.1) is 0 Å². The summed E-state index contributed by atoms with van der Waals surface area (Å²) in [7, 11) is 0. The third-order valence-corrected chi connectivity index (χ3v) is 0.447. The zero-order valence-corrected chi connectivity index (χ0v) is 6.82. The summed E-state index contributed by atoms with van der Waals surface area (Å²) in [6.45, 7) is 6.03. The van der Waals surface area contributed by atoms with Gasteiger partial charge in [0.1, 0.15) is 0 Å². The monoisotopic (exact) mass is 162 g/mol. The van der Waals surface area contributed by atoms with Gasteiger partial charge in [-0.25, -0.2) is 0 Å². The minimum absolute atomic E-state index is 0. The maximum Gasteiger partial charge on any atom is 4.00 e.